The van der Waals surface area contributed by atoms with Crippen molar-refractivity contribution in [2.45, 2.75) is 31.5 Å². The Morgan fingerprint density at radius 1 is 1.47 bits per heavy atom. The first kappa shape index (κ1) is 14.3. The second kappa shape index (κ2) is 6.89. The third-order valence-corrected chi connectivity index (χ3v) is 3.50. The summed E-state index contributed by atoms with van der Waals surface area (Å²) in [4.78, 5) is 11.9. The quantitative estimate of drug-likeness (QED) is 0.860. The molecular formula is C14H19ClN2O2. The van der Waals surface area contributed by atoms with Crippen LogP contribution in [0.15, 0.2) is 24.3 Å². The molecule has 0 aromatic heterocycles. The molecule has 0 radical (unpaired) electrons. The molecule has 4 nitrogen and oxygen atoms in total. The van der Waals surface area contributed by atoms with Crippen LogP contribution in [0.3, 0.4) is 0 Å². The Bertz CT molecular complexity index is 439. The fourth-order valence-corrected chi connectivity index (χ4v) is 2.42. The first-order chi connectivity index (χ1) is 9.19. The highest BCUT2D eigenvalue weighted by molar-refractivity contribution is 6.30. The number of hydrogen-bond acceptors (Lipinski definition) is 3. The molecule has 0 aliphatic carbocycles. The van der Waals surface area contributed by atoms with Crippen LogP contribution in [0.1, 0.15) is 18.4 Å². The van der Waals surface area contributed by atoms with E-state index in [4.69, 9.17) is 22.1 Å². The molecule has 1 saturated heterocycles. The van der Waals surface area contributed by atoms with Crippen LogP contribution in [0.4, 0.5) is 0 Å². The Kier molecular flexibility index (Phi) is 5.19. The number of nitrogens with one attached hydrogen (secondary N) is 1. The van der Waals surface area contributed by atoms with Crippen LogP contribution in [0.25, 0.3) is 0 Å². The molecule has 2 rings (SSSR count). The van der Waals surface area contributed by atoms with Crippen LogP contribution < -0.4 is 11.1 Å². The fourth-order valence-electron chi connectivity index (χ4n) is 2.21. The molecule has 104 valence electrons. The van der Waals surface area contributed by atoms with E-state index in [9.17, 15) is 4.79 Å². The van der Waals surface area contributed by atoms with Crippen molar-refractivity contribution in [1.29, 1.82) is 0 Å². The first-order valence-corrected chi connectivity index (χ1v) is 6.94. The second-order valence-corrected chi connectivity index (χ2v) is 5.17. The minimum absolute atomic E-state index is 0.0312. The van der Waals surface area contributed by atoms with Crippen molar-refractivity contribution in [3.05, 3.63) is 34.9 Å². The minimum Gasteiger partial charge on any atom is -0.364 e. The standard InChI is InChI=1S/C14H19ClN2O2/c15-11-3-1-2-10(8-11)6-7-17-14(18)13-5-4-12(9-16)19-13/h1-3,8,12-13H,4-7,9,16H2,(H,17,18)/t12-,13+/m1/s1. The Hall–Kier alpha value is -1.10. The van der Waals surface area contributed by atoms with Gasteiger partial charge in [0.1, 0.15) is 6.10 Å². The molecule has 0 spiro atoms. The van der Waals surface area contributed by atoms with Crippen molar-refractivity contribution in [2.75, 3.05) is 13.1 Å². The van der Waals surface area contributed by atoms with Crippen LogP contribution in [-0.2, 0) is 16.0 Å². The van der Waals surface area contributed by atoms with Gasteiger partial charge in [0.05, 0.1) is 6.10 Å². The lowest BCUT2D eigenvalue weighted by Crippen LogP contribution is -2.36. The molecule has 0 unspecified atom stereocenters. The maximum atomic E-state index is 11.9. The van der Waals surface area contributed by atoms with Gasteiger partial charge in [-0.05, 0) is 37.0 Å². The molecule has 1 amide bonds. The lowest BCUT2D eigenvalue weighted by atomic mass is 10.1. The summed E-state index contributed by atoms with van der Waals surface area (Å²) in [5.74, 6) is -0.0435. The van der Waals surface area contributed by atoms with E-state index >= 15 is 0 Å². The molecule has 1 aliphatic heterocycles. The summed E-state index contributed by atoms with van der Waals surface area (Å²) >= 11 is 5.90. The molecule has 0 saturated carbocycles. The normalized spacial score (nSPS) is 22.4. The van der Waals surface area contributed by atoms with Gasteiger partial charge in [-0.2, -0.15) is 0 Å². The van der Waals surface area contributed by atoms with E-state index < -0.39 is 0 Å². The molecule has 2 atom stereocenters. The highest BCUT2D eigenvalue weighted by atomic mass is 35.5. The Morgan fingerprint density at radius 2 is 2.32 bits per heavy atom. The number of amides is 1. The van der Waals surface area contributed by atoms with Crippen molar-refractivity contribution >= 4 is 17.5 Å². The van der Waals surface area contributed by atoms with Gasteiger partial charge in [-0.15, -0.1) is 0 Å². The average molecular weight is 283 g/mol. The van der Waals surface area contributed by atoms with Gasteiger partial charge < -0.3 is 15.8 Å². The molecule has 1 fully saturated rings. The highest BCUT2D eigenvalue weighted by Crippen LogP contribution is 2.18. The number of carbonyl (C=O) groups is 1. The van der Waals surface area contributed by atoms with Gasteiger partial charge in [0.2, 0.25) is 5.91 Å². The maximum Gasteiger partial charge on any atom is 0.249 e. The number of nitrogens with two attached hydrogens (primary N) is 1. The third kappa shape index (κ3) is 4.20. The Labute approximate surface area is 118 Å². The zero-order chi connectivity index (χ0) is 13.7. The van der Waals surface area contributed by atoms with Crippen molar-refractivity contribution in [2.24, 2.45) is 5.73 Å². The SMILES string of the molecule is NC[C@H]1CC[C@@H](C(=O)NCCc2cccc(Cl)c2)O1. The third-order valence-electron chi connectivity index (χ3n) is 3.26. The summed E-state index contributed by atoms with van der Waals surface area (Å²) in [5, 5.41) is 3.61. The predicted molar refractivity (Wildman–Crippen MR) is 75.1 cm³/mol. The molecule has 19 heavy (non-hydrogen) atoms. The number of hydrogen-bond donors (Lipinski definition) is 2. The van der Waals surface area contributed by atoms with Crippen LogP contribution in [0.2, 0.25) is 5.02 Å². The van der Waals surface area contributed by atoms with E-state index in [2.05, 4.69) is 5.32 Å². The summed E-state index contributed by atoms with van der Waals surface area (Å²) in [6.45, 7) is 1.07. The Balaban J connectivity index is 1.72. The predicted octanol–water partition coefficient (Wildman–Crippen LogP) is 1.50. The Morgan fingerprint density at radius 3 is 3.00 bits per heavy atom. The first-order valence-electron chi connectivity index (χ1n) is 6.56. The van der Waals surface area contributed by atoms with Gasteiger partial charge in [-0.1, -0.05) is 23.7 Å². The molecule has 1 aromatic rings. The molecule has 5 heteroatoms. The van der Waals surface area contributed by atoms with Crippen molar-refractivity contribution in [1.82, 2.24) is 5.32 Å². The van der Waals surface area contributed by atoms with Gasteiger partial charge in [-0.25, -0.2) is 0 Å². The van der Waals surface area contributed by atoms with Crippen LogP contribution in [0.5, 0.6) is 0 Å². The van der Waals surface area contributed by atoms with Crippen LogP contribution in [-0.4, -0.2) is 31.2 Å². The number of ether oxygens (including phenoxy) is 1. The van der Waals surface area contributed by atoms with Gasteiger partial charge in [0.15, 0.2) is 0 Å². The molecule has 1 heterocycles. The molecule has 1 aromatic carbocycles. The topological polar surface area (TPSA) is 64.4 Å². The van der Waals surface area contributed by atoms with Gasteiger partial charge in [0.25, 0.3) is 0 Å². The van der Waals surface area contributed by atoms with E-state index in [0.717, 1.165) is 24.8 Å². The van der Waals surface area contributed by atoms with E-state index in [1.807, 2.05) is 24.3 Å². The largest absolute Gasteiger partial charge is 0.364 e. The number of rotatable bonds is 5. The summed E-state index contributed by atoms with van der Waals surface area (Å²) in [6.07, 6.45) is 2.07. The molecule has 0 bridgehead atoms. The fraction of sp³-hybridized carbons (Fsp3) is 0.500. The molecule has 3 N–H and O–H groups in total. The highest BCUT2D eigenvalue weighted by Gasteiger charge is 2.29. The second-order valence-electron chi connectivity index (χ2n) is 4.73. The van der Waals surface area contributed by atoms with E-state index in [0.29, 0.717) is 18.1 Å². The van der Waals surface area contributed by atoms with E-state index in [1.54, 1.807) is 0 Å². The lowest BCUT2D eigenvalue weighted by molar-refractivity contribution is -0.131. The van der Waals surface area contributed by atoms with Gasteiger partial charge in [-0.3, -0.25) is 4.79 Å². The summed E-state index contributed by atoms with van der Waals surface area (Å²) in [5.41, 5.74) is 6.63. The smallest absolute Gasteiger partial charge is 0.249 e. The van der Waals surface area contributed by atoms with E-state index in [-0.39, 0.29) is 18.1 Å². The zero-order valence-corrected chi connectivity index (χ0v) is 11.5. The average Bonchev–Trinajstić information content (AvgIpc) is 2.87. The molecular weight excluding hydrogens is 264 g/mol. The summed E-state index contributed by atoms with van der Waals surface area (Å²) < 4.78 is 5.54. The zero-order valence-electron chi connectivity index (χ0n) is 10.8. The number of benzene rings is 1. The summed E-state index contributed by atoms with van der Waals surface area (Å²) in [7, 11) is 0. The van der Waals surface area contributed by atoms with Crippen molar-refractivity contribution in [3.63, 3.8) is 0 Å². The summed E-state index contributed by atoms with van der Waals surface area (Å²) in [6, 6.07) is 7.65. The number of halogens is 1. The lowest BCUT2D eigenvalue weighted by Gasteiger charge is -2.12. The monoisotopic (exact) mass is 282 g/mol. The van der Waals surface area contributed by atoms with Gasteiger partial charge >= 0.3 is 0 Å². The van der Waals surface area contributed by atoms with Crippen LogP contribution in [0, 0.1) is 0 Å². The molecule has 1 aliphatic rings. The van der Waals surface area contributed by atoms with Gasteiger partial charge in [0, 0.05) is 18.1 Å². The number of carbonyl (C=O) groups excluding carboxylic acids is 1. The van der Waals surface area contributed by atoms with Crippen molar-refractivity contribution < 1.29 is 9.53 Å². The van der Waals surface area contributed by atoms with Crippen molar-refractivity contribution in [3.8, 4) is 0 Å². The minimum atomic E-state index is -0.340. The van der Waals surface area contributed by atoms with E-state index in [1.165, 1.54) is 0 Å². The van der Waals surface area contributed by atoms with Crippen LogP contribution >= 0.6 is 11.6 Å². The maximum absolute atomic E-state index is 11.9.